The van der Waals surface area contributed by atoms with E-state index in [0.717, 1.165) is 23.4 Å². The van der Waals surface area contributed by atoms with Crippen molar-refractivity contribution < 1.29 is 14.3 Å². The van der Waals surface area contributed by atoms with E-state index in [4.69, 9.17) is 4.74 Å². The van der Waals surface area contributed by atoms with E-state index in [1.807, 2.05) is 44.2 Å². The van der Waals surface area contributed by atoms with Crippen LogP contribution >= 0.6 is 0 Å². The highest BCUT2D eigenvalue weighted by Crippen LogP contribution is 2.20. The highest BCUT2D eigenvalue weighted by molar-refractivity contribution is 5.84. The molecule has 2 amide bonds. The fourth-order valence-corrected chi connectivity index (χ4v) is 2.35. The number of nitrogens with zero attached hydrogens (tertiary/aromatic N) is 1. The van der Waals surface area contributed by atoms with E-state index in [9.17, 15) is 9.59 Å². The van der Waals surface area contributed by atoms with Crippen LogP contribution in [-0.4, -0.2) is 36.5 Å². The molecular weight excluding hydrogens is 306 g/mol. The van der Waals surface area contributed by atoms with E-state index in [1.165, 1.54) is 5.01 Å². The van der Waals surface area contributed by atoms with Gasteiger partial charge in [0.05, 0.1) is 19.4 Å². The van der Waals surface area contributed by atoms with Crippen LogP contribution in [0, 0.1) is 0 Å². The Morgan fingerprint density at radius 1 is 1.38 bits per heavy atom. The second-order valence-corrected chi connectivity index (χ2v) is 5.83. The molecule has 2 rings (SSSR count). The number of benzene rings is 1. The summed E-state index contributed by atoms with van der Waals surface area (Å²) >= 11 is 0. The molecule has 6 heteroatoms. The minimum Gasteiger partial charge on any atom is -0.497 e. The third-order valence-electron chi connectivity index (χ3n) is 4.02. The summed E-state index contributed by atoms with van der Waals surface area (Å²) < 4.78 is 5.15. The largest absolute Gasteiger partial charge is 0.497 e. The van der Waals surface area contributed by atoms with Crippen molar-refractivity contribution in [3.05, 3.63) is 35.9 Å². The Morgan fingerprint density at radius 2 is 2.08 bits per heavy atom. The van der Waals surface area contributed by atoms with Crippen molar-refractivity contribution in [3.8, 4) is 5.75 Å². The van der Waals surface area contributed by atoms with Gasteiger partial charge in [-0.15, -0.1) is 0 Å². The monoisotopic (exact) mass is 331 g/mol. The van der Waals surface area contributed by atoms with Crippen molar-refractivity contribution in [2.45, 2.75) is 39.2 Å². The lowest BCUT2D eigenvalue weighted by atomic mass is 10.1. The maximum atomic E-state index is 12.0. The van der Waals surface area contributed by atoms with Crippen LogP contribution in [0.15, 0.2) is 30.3 Å². The van der Waals surface area contributed by atoms with Crippen LogP contribution in [0.5, 0.6) is 5.75 Å². The summed E-state index contributed by atoms with van der Waals surface area (Å²) in [5.41, 5.74) is 4.93. The molecule has 24 heavy (non-hydrogen) atoms. The maximum Gasteiger partial charge on any atom is 0.244 e. The number of nitrogens with one attached hydrogen (secondary N) is 2. The Kier molecular flexibility index (Phi) is 6.23. The summed E-state index contributed by atoms with van der Waals surface area (Å²) in [5.74, 6) is 0.702. The Hall–Kier alpha value is -2.50. The van der Waals surface area contributed by atoms with Gasteiger partial charge >= 0.3 is 0 Å². The van der Waals surface area contributed by atoms with E-state index in [2.05, 4.69) is 10.7 Å². The Bertz CT molecular complexity index is 610. The lowest BCUT2D eigenvalue weighted by Crippen LogP contribution is -2.46. The predicted molar refractivity (Wildman–Crippen MR) is 92.9 cm³/mol. The molecule has 6 nitrogen and oxygen atoms in total. The molecule has 0 saturated heterocycles. The summed E-state index contributed by atoms with van der Waals surface area (Å²) in [6, 6.07) is 7.76. The number of hydrogen-bond acceptors (Lipinski definition) is 4. The van der Waals surface area contributed by atoms with Crippen LogP contribution in [-0.2, 0) is 9.59 Å². The van der Waals surface area contributed by atoms with Crippen LogP contribution in [0.1, 0.15) is 38.7 Å². The molecule has 1 unspecified atom stereocenters. The van der Waals surface area contributed by atoms with Gasteiger partial charge in [-0.3, -0.25) is 20.0 Å². The minimum atomic E-state index is -0.0421. The second-order valence-electron chi connectivity index (χ2n) is 5.83. The quantitative estimate of drug-likeness (QED) is 0.802. The van der Waals surface area contributed by atoms with E-state index >= 15 is 0 Å². The molecule has 0 aromatic heterocycles. The first kappa shape index (κ1) is 17.8. The summed E-state index contributed by atoms with van der Waals surface area (Å²) in [6.45, 7) is 4.33. The topological polar surface area (TPSA) is 70.7 Å². The van der Waals surface area contributed by atoms with E-state index in [-0.39, 0.29) is 24.3 Å². The highest BCUT2D eigenvalue weighted by atomic mass is 16.5. The molecular formula is C18H25N3O3. The molecule has 0 fully saturated rings. The number of methoxy groups -OCH3 is 1. The van der Waals surface area contributed by atoms with E-state index in [1.54, 1.807) is 7.11 Å². The number of carbonyl (C=O) groups excluding carboxylic acids is 2. The van der Waals surface area contributed by atoms with Crippen LogP contribution in [0.4, 0.5) is 0 Å². The van der Waals surface area contributed by atoms with Crippen molar-refractivity contribution in [2.24, 2.45) is 0 Å². The molecule has 1 heterocycles. The number of hydrogen-bond donors (Lipinski definition) is 2. The third-order valence-corrected chi connectivity index (χ3v) is 4.02. The Labute approximate surface area is 142 Å². The summed E-state index contributed by atoms with van der Waals surface area (Å²) in [7, 11) is 1.62. The van der Waals surface area contributed by atoms with Crippen molar-refractivity contribution in [1.82, 2.24) is 15.8 Å². The average molecular weight is 331 g/mol. The van der Waals surface area contributed by atoms with Gasteiger partial charge in [-0.25, -0.2) is 0 Å². The van der Waals surface area contributed by atoms with Gasteiger partial charge in [0, 0.05) is 18.9 Å². The minimum absolute atomic E-state index is 0.0383. The van der Waals surface area contributed by atoms with E-state index < -0.39 is 0 Å². The number of amides is 2. The molecule has 2 N–H and O–H groups in total. The molecule has 1 aliphatic heterocycles. The second kappa shape index (κ2) is 8.38. The van der Waals surface area contributed by atoms with Crippen LogP contribution in [0.3, 0.4) is 0 Å². The zero-order chi connectivity index (χ0) is 17.5. The molecule has 0 bridgehead atoms. The first-order valence-corrected chi connectivity index (χ1v) is 8.24. The molecule has 0 radical (unpaired) electrons. The van der Waals surface area contributed by atoms with Gasteiger partial charge in [-0.2, -0.15) is 0 Å². The molecule has 1 atom stereocenters. The fraction of sp³-hybridized carbons (Fsp3) is 0.444. The maximum absolute atomic E-state index is 12.0. The molecule has 1 aromatic rings. The number of carbonyl (C=O) groups is 2. The molecule has 1 aliphatic rings. The van der Waals surface area contributed by atoms with Crippen molar-refractivity contribution in [1.29, 1.82) is 0 Å². The van der Waals surface area contributed by atoms with Gasteiger partial charge in [0.15, 0.2) is 0 Å². The number of hydrazine groups is 1. The lowest BCUT2D eigenvalue weighted by molar-refractivity contribution is -0.133. The highest BCUT2D eigenvalue weighted by Gasteiger charge is 2.20. The van der Waals surface area contributed by atoms with Gasteiger partial charge in [0.1, 0.15) is 5.75 Å². The molecule has 1 aromatic carbocycles. The van der Waals surface area contributed by atoms with Crippen molar-refractivity contribution in [2.75, 3.05) is 13.7 Å². The first-order valence-electron chi connectivity index (χ1n) is 8.24. The summed E-state index contributed by atoms with van der Waals surface area (Å²) in [4.78, 5) is 23.9. The van der Waals surface area contributed by atoms with Crippen LogP contribution < -0.4 is 15.5 Å². The normalized spacial score (nSPS) is 15.4. The van der Waals surface area contributed by atoms with E-state index in [0.29, 0.717) is 13.0 Å². The average Bonchev–Trinajstić information content (AvgIpc) is 2.61. The summed E-state index contributed by atoms with van der Waals surface area (Å²) in [6.07, 6.45) is 3.34. The Morgan fingerprint density at radius 3 is 2.71 bits per heavy atom. The molecule has 0 saturated carbocycles. The number of ether oxygens (including phenoxy) is 1. The van der Waals surface area contributed by atoms with Crippen LogP contribution in [0.25, 0.3) is 5.70 Å². The van der Waals surface area contributed by atoms with Crippen molar-refractivity contribution in [3.63, 3.8) is 0 Å². The predicted octanol–water partition coefficient (Wildman–Crippen LogP) is 2.08. The van der Waals surface area contributed by atoms with Gasteiger partial charge in [0.25, 0.3) is 0 Å². The summed E-state index contributed by atoms with van der Waals surface area (Å²) in [5, 5.41) is 4.42. The first-order chi connectivity index (χ1) is 11.5. The SMILES string of the molecule is CCC(C)NC(=O)CCN1NC(c2ccc(OC)cc2)=CCC1=O. The smallest absolute Gasteiger partial charge is 0.244 e. The molecule has 0 spiro atoms. The molecule has 130 valence electrons. The van der Waals surface area contributed by atoms with Gasteiger partial charge in [-0.1, -0.05) is 6.92 Å². The zero-order valence-corrected chi connectivity index (χ0v) is 14.5. The zero-order valence-electron chi connectivity index (χ0n) is 14.5. The Balaban J connectivity index is 1.94. The van der Waals surface area contributed by atoms with Gasteiger partial charge in [-0.05, 0) is 49.2 Å². The van der Waals surface area contributed by atoms with Crippen LogP contribution in [0.2, 0.25) is 0 Å². The van der Waals surface area contributed by atoms with Gasteiger partial charge in [0.2, 0.25) is 11.8 Å². The third kappa shape index (κ3) is 4.75. The molecule has 0 aliphatic carbocycles. The lowest BCUT2D eigenvalue weighted by Gasteiger charge is -2.29. The van der Waals surface area contributed by atoms with Gasteiger partial charge < -0.3 is 10.1 Å². The fourth-order valence-electron chi connectivity index (χ4n) is 2.35. The standard InChI is InChI=1S/C18H25N3O3/c1-4-13(2)19-17(22)11-12-21-18(23)10-9-16(20-21)14-5-7-15(24-3)8-6-14/h5-9,13,20H,4,10-12H2,1-3H3,(H,19,22). The number of rotatable bonds is 7. The van der Waals surface area contributed by atoms with Crippen molar-refractivity contribution >= 4 is 17.5 Å².